The minimum absolute atomic E-state index is 0. The predicted molar refractivity (Wildman–Crippen MR) is 105 cm³/mol. The quantitative estimate of drug-likeness (QED) is 0.818. The van der Waals surface area contributed by atoms with Gasteiger partial charge in [0, 0.05) is 24.9 Å². The van der Waals surface area contributed by atoms with E-state index in [9.17, 15) is 4.79 Å². The molecule has 1 fully saturated rings. The summed E-state index contributed by atoms with van der Waals surface area (Å²) < 4.78 is 1.20. The van der Waals surface area contributed by atoms with E-state index >= 15 is 0 Å². The Morgan fingerprint density at radius 2 is 2.12 bits per heavy atom. The van der Waals surface area contributed by atoms with Crippen LogP contribution in [0.4, 0.5) is 0 Å². The van der Waals surface area contributed by atoms with E-state index in [4.69, 9.17) is 5.73 Å². The van der Waals surface area contributed by atoms with Gasteiger partial charge in [0.1, 0.15) is 0 Å². The molecule has 0 aliphatic heterocycles. The fourth-order valence-electron chi connectivity index (χ4n) is 3.21. The van der Waals surface area contributed by atoms with Crippen LogP contribution in [-0.4, -0.2) is 23.0 Å². The van der Waals surface area contributed by atoms with Gasteiger partial charge < -0.3 is 11.1 Å². The van der Waals surface area contributed by atoms with E-state index in [1.807, 2.05) is 25.1 Å². The maximum Gasteiger partial charge on any atom is 0.220 e. The van der Waals surface area contributed by atoms with E-state index in [2.05, 4.69) is 16.4 Å². The molecule has 3 atom stereocenters. The van der Waals surface area contributed by atoms with Crippen molar-refractivity contribution in [2.24, 2.45) is 11.7 Å². The molecule has 0 radical (unpaired) electrons. The van der Waals surface area contributed by atoms with Crippen LogP contribution in [0.1, 0.15) is 37.6 Å². The van der Waals surface area contributed by atoms with Gasteiger partial charge in [0.2, 0.25) is 5.91 Å². The van der Waals surface area contributed by atoms with Crippen LogP contribution in [0.25, 0.3) is 10.2 Å². The summed E-state index contributed by atoms with van der Waals surface area (Å²) in [4.78, 5) is 16.8. The van der Waals surface area contributed by atoms with E-state index in [1.165, 1.54) is 4.70 Å². The molecule has 1 saturated carbocycles. The maximum atomic E-state index is 12.1. The van der Waals surface area contributed by atoms with Crippen molar-refractivity contribution in [3.8, 4) is 0 Å². The summed E-state index contributed by atoms with van der Waals surface area (Å²) in [7, 11) is 0. The molecule has 2 aromatic rings. The zero-order valence-corrected chi connectivity index (χ0v) is 16.2. The summed E-state index contributed by atoms with van der Waals surface area (Å²) in [6.07, 6.45) is 4.63. The molecule has 3 rings (SSSR count). The third kappa shape index (κ3) is 5.31. The number of nitrogens with two attached hydrogens (primary N) is 1. The van der Waals surface area contributed by atoms with Gasteiger partial charge in [-0.3, -0.25) is 4.79 Å². The highest BCUT2D eigenvalue weighted by Gasteiger charge is 2.26. The molecule has 1 aromatic heterocycles. The van der Waals surface area contributed by atoms with Crippen LogP contribution in [-0.2, 0) is 11.2 Å². The predicted octanol–water partition coefficient (Wildman–Crippen LogP) is 3.70. The minimum Gasteiger partial charge on any atom is -0.353 e. The standard InChI is InChI=1S/C17H23N3OS.2ClH/c1-11(19-16(21)10-12-5-4-6-13(12)18)9-17-20-14-7-2-3-8-15(14)22-17;;/h2-3,7-8,11-13H,4-6,9-10,18H2,1H3,(H,19,21);2*1H/t11?,12-,13+;;/m0../s1. The van der Waals surface area contributed by atoms with E-state index in [-0.39, 0.29) is 42.8 Å². The number of amides is 1. The SMILES string of the molecule is CC(Cc1nc2ccccc2s1)NC(=O)C[C@@H]1CCC[C@H]1N.Cl.Cl. The Kier molecular flexibility index (Phi) is 8.43. The Bertz CT molecular complexity index is 631. The first-order valence-electron chi connectivity index (χ1n) is 8.01. The Morgan fingerprint density at radius 3 is 2.79 bits per heavy atom. The molecule has 1 aliphatic rings. The topological polar surface area (TPSA) is 68.0 Å². The second-order valence-corrected chi connectivity index (χ2v) is 7.42. The van der Waals surface area contributed by atoms with Crippen LogP contribution in [0.3, 0.4) is 0 Å². The average Bonchev–Trinajstić information content (AvgIpc) is 3.04. The van der Waals surface area contributed by atoms with Crippen LogP contribution in [0.2, 0.25) is 0 Å². The highest BCUT2D eigenvalue weighted by Crippen LogP contribution is 2.27. The number of fused-ring (bicyclic) bond motifs is 1. The number of nitrogens with one attached hydrogen (secondary N) is 1. The molecule has 0 spiro atoms. The van der Waals surface area contributed by atoms with Crippen molar-refractivity contribution in [1.29, 1.82) is 0 Å². The van der Waals surface area contributed by atoms with Crippen molar-refractivity contribution in [3.05, 3.63) is 29.3 Å². The van der Waals surface area contributed by atoms with Gasteiger partial charge in [-0.15, -0.1) is 36.2 Å². The molecule has 0 saturated heterocycles. The van der Waals surface area contributed by atoms with Gasteiger partial charge in [0.15, 0.2) is 0 Å². The molecular weight excluding hydrogens is 365 g/mol. The van der Waals surface area contributed by atoms with Crippen LogP contribution < -0.4 is 11.1 Å². The fourth-order valence-corrected chi connectivity index (χ4v) is 4.31. The summed E-state index contributed by atoms with van der Waals surface area (Å²) >= 11 is 1.70. The van der Waals surface area contributed by atoms with E-state index in [0.717, 1.165) is 36.2 Å². The number of benzene rings is 1. The lowest BCUT2D eigenvalue weighted by Gasteiger charge is -2.17. The molecule has 134 valence electrons. The Balaban J connectivity index is 0.00000144. The molecule has 1 unspecified atom stereocenters. The number of thiazole rings is 1. The minimum atomic E-state index is 0. The van der Waals surface area contributed by atoms with Gasteiger partial charge in [-0.2, -0.15) is 0 Å². The second kappa shape index (κ2) is 9.56. The fraction of sp³-hybridized carbons (Fsp3) is 0.529. The molecule has 1 aliphatic carbocycles. The number of hydrogen-bond donors (Lipinski definition) is 2. The highest BCUT2D eigenvalue weighted by atomic mass is 35.5. The summed E-state index contributed by atoms with van der Waals surface area (Å²) in [5, 5.41) is 4.17. The lowest BCUT2D eigenvalue weighted by molar-refractivity contribution is -0.122. The first-order chi connectivity index (χ1) is 10.6. The molecule has 1 amide bonds. The van der Waals surface area contributed by atoms with Gasteiger partial charge in [0.25, 0.3) is 0 Å². The second-order valence-electron chi connectivity index (χ2n) is 6.31. The van der Waals surface area contributed by atoms with Crippen LogP contribution in [0.15, 0.2) is 24.3 Å². The average molecular weight is 390 g/mol. The first-order valence-corrected chi connectivity index (χ1v) is 8.83. The van der Waals surface area contributed by atoms with Gasteiger partial charge in [0.05, 0.1) is 15.2 Å². The third-order valence-electron chi connectivity index (χ3n) is 4.39. The number of halogens is 2. The summed E-state index contributed by atoms with van der Waals surface area (Å²) in [5.41, 5.74) is 7.08. The lowest BCUT2D eigenvalue weighted by atomic mass is 9.99. The maximum absolute atomic E-state index is 12.1. The molecular formula is C17H25Cl2N3OS. The van der Waals surface area contributed by atoms with Crippen molar-refractivity contribution >= 4 is 52.3 Å². The zero-order chi connectivity index (χ0) is 15.5. The van der Waals surface area contributed by atoms with Crippen molar-refractivity contribution in [1.82, 2.24) is 10.3 Å². The molecule has 3 N–H and O–H groups in total. The number of carbonyl (C=O) groups excluding carboxylic acids is 1. The molecule has 24 heavy (non-hydrogen) atoms. The number of para-hydroxylation sites is 1. The van der Waals surface area contributed by atoms with Crippen molar-refractivity contribution in [2.45, 2.75) is 51.1 Å². The number of aromatic nitrogens is 1. The van der Waals surface area contributed by atoms with Crippen molar-refractivity contribution in [3.63, 3.8) is 0 Å². The largest absolute Gasteiger partial charge is 0.353 e. The van der Waals surface area contributed by atoms with Crippen molar-refractivity contribution < 1.29 is 4.79 Å². The Morgan fingerprint density at radius 1 is 1.38 bits per heavy atom. The molecule has 0 bridgehead atoms. The number of carbonyl (C=O) groups is 1. The molecule has 1 heterocycles. The monoisotopic (exact) mass is 389 g/mol. The number of rotatable bonds is 5. The van der Waals surface area contributed by atoms with Gasteiger partial charge in [-0.25, -0.2) is 4.98 Å². The van der Waals surface area contributed by atoms with Crippen LogP contribution in [0.5, 0.6) is 0 Å². The van der Waals surface area contributed by atoms with Gasteiger partial charge in [-0.1, -0.05) is 18.6 Å². The summed E-state index contributed by atoms with van der Waals surface area (Å²) in [6.45, 7) is 2.04. The first kappa shape index (κ1) is 21.2. The number of hydrogen-bond acceptors (Lipinski definition) is 4. The molecule has 4 nitrogen and oxygen atoms in total. The highest BCUT2D eigenvalue weighted by molar-refractivity contribution is 7.18. The smallest absolute Gasteiger partial charge is 0.220 e. The summed E-state index contributed by atoms with van der Waals surface area (Å²) in [6, 6.07) is 8.44. The van der Waals surface area contributed by atoms with Crippen LogP contribution in [0, 0.1) is 5.92 Å². The summed E-state index contributed by atoms with van der Waals surface area (Å²) in [5.74, 6) is 0.477. The van der Waals surface area contributed by atoms with Crippen molar-refractivity contribution in [2.75, 3.05) is 0 Å². The van der Waals surface area contributed by atoms with Gasteiger partial charge in [-0.05, 0) is 37.8 Å². The van der Waals surface area contributed by atoms with E-state index < -0.39 is 0 Å². The third-order valence-corrected chi connectivity index (χ3v) is 5.45. The number of nitrogens with zero attached hydrogens (tertiary/aromatic N) is 1. The van der Waals surface area contributed by atoms with E-state index in [0.29, 0.717) is 12.3 Å². The molecule has 1 aromatic carbocycles. The zero-order valence-electron chi connectivity index (χ0n) is 13.7. The van der Waals surface area contributed by atoms with Gasteiger partial charge >= 0.3 is 0 Å². The lowest BCUT2D eigenvalue weighted by Crippen LogP contribution is -2.37. The van der Waals surface area contributed by atoms with E-state index in [1.54, 1.807) is 11.3 Å². The Hall–Kier alpha value is -0.880. The molecule has 7 heteroatoms. The Labute approximate surface area is 159 Å². The normalized spacial score (nSPS) is 20.9. The van der Waals surface area contributed by atoms with Crippen LogP contribution >= 0.6 is 36.2 Å².